The topological polar surface area (TPSA) is 69.7 Å². The molecule has 2 aliphatic rings. The van der Waals surface area contributed by atoms with E-state index in [0.717, 1.165) is 32.4 Å². The number of benzene rings is 1. The van der Waals surface area contributed by atoms with Gasteiger partial charge in [0.25, 0.3) is 5.91 Å². The lowest BCUT2D eigenvalue weighted by Gasteiger charge is -2.26. The molecule has 1 atom stereocenters. The molecule has 2 aliphatic heterocycles. The SMILES string of the molecule is CCC(CNC(=O)c1ccc(S(=O)(=O)N2CCCC2)cc1)N1CCCC1. The number of carbonyl (C=O) groups excluding carboxylic acids is 1. The summed E-state index contributed by atoms with van der Waals surface area (Å²) in [4.78, 5) is 15.1. The fourth-order valence-corrected chi connectivity index (χ4v) is 5.32. The molecular weight excluding hydrogens is 350 g/mol. The molecule has 1 aromatic rings. The number of sulfonamides is 1. The Morgan fingerprint density at radius 2 is 1.62 bits per heavy atom. The van der Waals surface area contributed by atoms with Gasteiger partial charge in [-0.25, -0.2) is 8.42 Å². The van der Waals surface area contributed by atoms with Crippen LogP contribution in [-0.4, -0.2) is 62.3 Å². The lowest BCUT2D eigenvalue weighted by Crippen LogP contribution is -2.42. The molecular formula is C19H29N3O3S. The van der Waals surface area contributed by atoms with Crippen LogP contribution in [0.1, 0.15) is 49.4 Å². The molecule has 1 aromatic carbocycles. The maximum Gasteiger partial charge on any atom is 0.251 e. The first-order valence-corrected chi connectivity index (χ1v) is 11.1. The lowest BCUT2D eigenvalue weighted by atomic mass is 10.1. The summed E-state index contributed by atoms with van der Waals surface area (Å²) in [6.45, 7) is 6.16. The molecule has 1 N–H and O–H groups in total. The van der Waals surface area contributed by atoms with Gasteiger partial charge in [-0.2, -0.15) is 4.31 Å². The first-order valence-electron chi connectivity index (χ1n) is 9.65. The van der Waals surface area contributed by atoms with Crippen LogP contribution in [0.3, 0.4) is 0 Å². The zero-order valence-electron chi connectivity index (χ0n) is 15.5. The second-order valence-electron chi connectivity index (χ2n) is 7.15. The Morgan fingerprint density at radius 1 is 1.04 bits per heavy atom. The number of rotatable bonds is 7. The van der Waals surface area contributed by atoms with Crippen molar-refractivity contribution in [2.75, 3.05) is 32.7 Å². The smallest absolute Gasteiger partial charge is 0.251 e. The third kappa shape index (κ3) is 4.27. The van der Waals surface area contributed by atoms with E-state index >= 15 is 0 Å². The van der Waals surface area contributed by atoms with Gasteiger partial charge < -0.3 is 5.32 Å². The van der Waals surface area contributed by atoms with Crippen molar-refractivity contribution in [3.8, 4) is 0 Å². The largest absolute Gasteiger partial charge is 0.350 e. The molecule has 0 spiro atoms. The van der Waals surface area contributed by atoms with Crippen LogP contribution in [0.2, 0.25) is 0 Å². The third-order valence-corrected chi connectivity index (χ3v) is 7.36. The summed E-state index contributed by atoms with van der Waals surface area (Å²) >= 11 is 0. The van der Waals surface area contributed by atoms with E-state index < -0.39 is 10.0 Å². The second kappa shape index (κ2) is 8.50. The standard InChI is InChI=1S/C19H29N3O3S/c1-2-17(21-11-3-4-12-21)15-20-19(23)16-7-9-18(10-8-16)26(24,25)22-13-5-6-14-22/h7-10,17H,2-6,11-15H2,1H3,(H,20,23). The van der Waals surface area contributed by atoms with E-state index in [0.29, 0.717) is 31.2 Å². The van der Waals surface area contributed by atoms with Crippen molar-refractivity contribution >= 4 is 15.9 Å². The average molecular weight is 380 g/mol. The van der Waals surface area contributed by atoms with Crippen molar-refractivity contribution in [1.29, 1.82) is 0 Å². The molecule has 1 unspecified atom stereocenters. The normalized spacial score (nSPS) is 20.3. The van der Waals surface area contributed by atoms with E-state index in [9.17, 15) is 13.2 Å². The van der Waals surface area contributed by atoms with Gasteiger partial charge in [-0.3, -0.25) is 9.69 Å². The molecule has 2 heterocycles. The van der Waals surface area contributed by atoms with Crippen molar-refractivity contribution in [3.05, 3.63) is 29.8 Å². The zero-order valence-corrected chi connectivity index (χ0v) is 16.3. The molecule has 0 radical (unpaired) electrons. The van der Waals surface area contributed by atoms with Crippen LogP contribution in [0, 0.1) is 0 Å². The molecule has 0 saturated carbocycles. The Hall–Kier alpha value is -1.44. The van der Waals surface area contributed by atoms with Gasteiger partial charge in [-0.05, 0) is 69.5 Å². The number of carbonyl (C=O) groups is 1. The summed E-state index contributed by atoms with van der Waals surface area (Å²) < 4.78 is 26.6. The first kappa shape index (κ1) is 19.3. The summed E-state index contributed by atoms with van der Waals surface area (Å²) in [7, 11) is -3.43. The lowest BCUT2D eigenvalue weighted by molar-refractivity contribution is 0.0937. The predicted molar refractivity (Wildman–Crippen MR) is 102 cm³/mol. The van der Waals surface area contributed by atoms with Gasteiger partial charge in [0.05, 0.1) is 4.90 Å². The molecule has 1 amide bonds. The van der Waals surface area contributed by atoms with Crippen molar-refractivity contribution in [2.24, 2.45) is 0 Å². The van der Waals surface area contributed by atoms with Crippen LogP contribution < -0.4 is 5.32 Å². The van der Waals surface area contributed by atoms with Gasteiger partial charge in [0.1, 0.15) is 0 Å². The number of hydrogen-bond acceptors (Lipinski definition) is 4. The van der Waals surface area contributed by atoms with E-state index in [1.54, 1.807) is 24.3 Å². The average Bonchev–Trinajstić information content (AvgIpc) is 3.36. The molecule has 0 aromatic heterocycles. The first-order chi connectivity index (χ1) is 12.5. The minimum absolute atomic E-state index is 0.146. The van der Waals surface area contributed by atoms with Gasteiger partial charge in [-0.1, -0.05) is 6.92 Å². The highest BCUT2D eigenvalue weighted by Crippen LogP contribution is 2.21. The number of nitrogens with one attached hydrogen (secondary N) is 1. The molecule has 7 heteroatoms. The van der Waals surface area contributed by atoms with E-state index in [-0.39, 0.29) is 10.8 Å². The third-order valence-electron chi connectivity index (χ3n) is 5.45. The minimum Gasteiger partial charge on any atom is -0.350 e. The second-order valence-corrected chi connectivity index (χ2v) is 9.09. The van der Waals surface area contributed by atoms with Crippen LogP contribution in [0.4, 0.5) is 0 Å². The Balaban J connectivity index is 1.59. The maximum absolute atomic E-state index is 12.5. The quantitative estimate of drug-likeness (QED) is 0.787. The van der Waals surface area contributed by atoms with Crippen LogP contribution in [-0.2, 0) is 10.0 Å². The zero-order chi connectivity index (χ0) is 18.6. The van der Waals surface area contributed by atoms with Gasteiger partial charge in [0.2, 0.25) is 10.0 Å². The number of nitrogens with zero attached hydrogens (tertiary/aromatic N) is 2. The molecule has 2 saturated heterocycles. The molecule has 0 bridgehead atoms. The van der Waals surface area contributed by atoms with Gasteiger partial charge >= 0.3 is 0 Å². The number of likely N-dealkylation sites (tertiary alicyclic amines) is 1. The molecule has 6 nitrogen and oxygen atoms in total. The Morgan fingerprint density at radius 3 is 2.19 bits per heavy atom. The molecule has 3 rings (SSSR count). The van der Waals surface area contributed by atoms with Crippen molar-refractivity contribution < 1.29 is 13.2 Å². The molecule has 26 heavy (non-hydrogen) atoms. The molecule has 0 aliphatic carbocycles. The van der Waals surface area contributed by atoms with Gasteiger partial charge in [-0.15, -0.1) is 0 Å². The number of amides is 1. The summed E-state index contributed by atoms with van der Waals surface area (Å²) in [6.07, 6.45) is 5.30. The monoisotopic (exact) mass is 379 g/mol. The summed E-state index contributed by atoms with van der Waals surface area (Å²) in [5, 5.41) is 3.00. The van der Waals surface area contributed by atoms with E-state index in [2.05, 4.69) is 17.1 Å². The van der Waals surface area contributed by atoms with Gasteiger partial charge in [0.15, 0.2) is 0 Å². The Kier molecular flexibility index (Phi) is 6.32. The maximum atomic E-state index is 12.5. The highest BCUT2D eigenvalue weighted by atomic mass is 32.2. The van der Waals surface area contributed by atoms with E-state index in [1.807, 2.05) is 0 Å². The summed E-state index contributed by atoms with van der Waals surface area (Å²) in [5.74, 6) is -0.146. The number of hydrogen-bond donors (Lipinski definition) is 1. The summed E-state index contributed by atoms with van der Waals surface area (Å²) in [5.41, 5.74) is 0.502. The van der Waals surface area contributed by atoms with Crippen LogP contribution in [0.25, 0.3) is 0 Å². The van der Waals surface area contributed by atoms with Crippen LogP contribution >= 0.6 is 0 Å². The highest BCUT2D eigenvalue weighted by molar-refractivity contribution is 7.89. The fraction of sp³-hybridized carbons (Fsp3) is 0.632. The van der Waals surface area contributed by atoms with Crippen molar-refractivity contribution in [1.82, 2.24) is 14.5 Å². The van der Waals surface area contributed by atoms with Crippen LogP contribution in [0.15, 0.2) is 29.2 Å². The minimum atomic E-state index is -3.43. The van der Waals surface area contributed by atoms with Crippen molar-refractivity contribution in [2.45, 2.75) is 50.0 Å². The van der Waals surface area contributed by atoms with E-state index in [1.165, 1.54) is 17.1 Å². The highest BCUT2D eigenvalue weighted by Gasteiger charge is 2.27. The Bertz CT molecular complexity index is 706. The Labute approximate surface area is 156 Å². The fourth-order valence-electron chi connectivity index (χ4n) is 3.81. The predicted octanol–water partition coefficient (Wildman–Crippen LogP) is 2.08. The van der Waals surface area contributed by atoms with E-state index in [4.69, 9.17) is 0 Å². The summed E-state index contributed by atoms with van der Waals surface area (Å²) in [6, 6.07) is 6.67. The van der Waals surface area contributed by atoms with Gasteiger partial charge in [0, 0.05) is 31.2 Å². The molecule has 144 valence electrons. The van der Waals surface area contributed by atoms with Crippen molar-refractivity contribution in [3.63, 3.8) is 0 Å². The molecule has 2 fully saturated rings. The van der Waals surface area contributed by atoms with Crippen LogP contribution in [0.5, 0.6) is 0 Å².